The highest BCUT2D eigenvalue weighted by molar-refractivity contribution is 7.86. The smallest absolute Gasteiger partial charge is 0.339 e. The van der Waals surface area contributed by atoms with Gasteiger partial charge in [0.15, 0.2) is 0 Å². The summed E-state index contributed by atoms with van der Waals surface area (Å²) < 4.78 is 36.4. The van der Waals surface area contributed by atoms with Crippen molar-refractivity contribution in [2.24, 2.45) is 0 Å². The Morgan fingerprint density at radius 2 is 1.82 bits per heavy atom. The highest BCUT2D eigenvalue weighted by Gasteiger charge is 2.28. The Labute approximate surface area is 125 Å². The largest absolute Gasteiger partial charge is 0.478 e. The van der Waals surface area contributed by atoms with E-state index in [1.165, 1.54) is 0 Å². The lowest BCUT2D eigenvalue weighted by Crippen LogP contribution is -2.22. The third-order valence-corrected chi connectivity index (χ3v) is 3.55. The molecule has 0 heterocycles. The van der Waals surface area contributed by atoms with Gasteiger partial charge in [-0.2, -0.15) is 8.42 Å². The number of aliphatic hydroxyl groups excluding tert-OH is 2. The van der Waals surface area contributed by atoms with Crippen LogP contribution in [0.15, 0.2) is 23.1 Å². The maximum atomic E-state index is 11.8. The van der Waals surface area contributed by atoms with Crippen LogP contribution in [0.4, 0.5) is 0 Å². The van der Waals surface area contributed by atoms with E-state index >= 15 is 0 Å². The van der Waals surface area contributed by atoms with Crippen molar-refractivity contribution in [2.45, 2.75) is 17.4 Å². The average Bonchev–Trinajstić information content (AvgIpc) is 2.43. The zero-order valence-electron chi connectivity index (χ0n) is 11.2. The normalized spacial score (nSPS) is 12.7. The fraction of sp³-hybridized carbons (Fsp3) is 0.333. The number of benzene rings is 1. The minimum absolute atomic E-state index is 0.0619. The van der Waals surface area contributed by atoms with Gasteiger partial charge >= 0.3 is 11.9 Å². The molecule has 4 N–H and O–H groups in total. The van der Waals surface area contributed by atoms with Crippen LogP contribution in [0.25, 0.3) is 0 Å². The van der Waals surface area contributed by atoms with E-state index in [-0.39, 0.29) is 13.0 Å². The van der Waals surface area contributed by atoms with Crippen molar-refractivity contribution in [3.05, 3.63) is 29.3 Å². The number of ether oxygens (including phenoxy) is 1. The van der Waals surface area contributed by atoms with Crippen molar-refractivity contribution in [3.63, 3.8) is 0 Å². The molecule has 0 aliphatic rings. The molecule has 0 saturated heterocycles. The van der Waals surface area contributed by atoms with Crippen molar-refractivity contribution in [1.29, 1.82) is 0 Å². The van der Waals surface area contributed by atoms with E-state index in [4.69, 9.17) is 14.8 Å². The van der Waals surface area contributed by atoms with Gasteiger partial charge in [-0.1, -0.05) is 6.07 Å². The van der Waals surface area contributed by atoms with Gasteiger partial charge in [0.1, 0.15) is 11.5 Å². The van der Waals surface area contributed by atoms with Crippen molar-refractivity contribution in [2.75, 3.05) is 13.2 Å². The molecule has 10 heteroatoms. The first-order valence-corrected chi connectivity index (χ1v) is 7.42. The summed E-state index contributed by atoms with van der Waals surface area (Å²) in [6, 6.07) is 2.98. The molecular weight excluding hydrogens is 320 g/mol. The highest BCUT2D eigenvalue weighted by atomic mass is 32.2. The topological polar surface area (TPSA) is 158 Å². The molecule has 1 aromatic carbocycles. The van der Waals surface area contributed by atoms with Gasteiger partial charge in [-0.05, 0) is 18.6 Å². The van der Waals surface area contributed by atoms with Gasteiger partial charge < -0.3 is 20.1 Å². The molecule has 0 saturated carbocycles. The van der Waals surface area contributed by atoms with Gasteiger partial charge in [-0.3, -0.25) is 4.55 Å². The lowest BCUT2D eigenvalue weighted by Gasteiger charge is -2.12. The van der Waals surface area contributed by atoms with E-state index in [2.05, 4.69) is 4.74 Å². The summed E-state index contributed by atoms with van der Waals surface area (Å²) in [6.45, 7) is -0.870. The van der Waals surface area contributed by atoms with E-state index in [9.17, 15) is 23.1 Å². The number of hydrogen-bond acceptors (Lipinski definition) is 7. The van der Waals surface area contributed by atoms with E-state index < -0.39 is 50.8 Å². The van der Waals surface area contributed by atoms with Crippen LogP contribution in [0.1, 0.15) is 27.1 Å². The Kier molecular flexibility index (Phi) is 6.00. The van der Waals surface area contributed by atoms with Gasteiger partial charge in [0, 0.05) is 6.61 Å². The predicted octanol–water partition coefficient (Wildman–Crippen LogP) is -0.468. The van der Waals surface area contributed by atoms with Crippen molar-refractivity contribution >= 4 is 22.1 Å². The molecule has 0 fully saturated rings. The molecule has 22 heavy (non-hydrogen) atoms. The molecule has 1 aromatic rings. The second kappa shape index (κ2) is 7.31. The van der Waals surface area contributed by atoms with Crippen LogP contribution in [0.5, 0.6) is 0 Å². The van der Waals surface area contributed by atoms with Crippen LogP contribution in [-0.4, -0.2) is 59.5 Å². The summed E-state index contributed by atoms with van der Waals surface area (Å²) in [5, 5.41) is 26.8. The van der Waals surface area contributed by atoms with E-state index in [1.54, 1.807) is 0 Å². The van der Waals surface area contributed by atoms with Crippen molar-refractivity contribution in [1.82, 2.24) is 0 Å². The lowest BCUT2D eigenvalue weighted by atomic mass is 10.1. The fourth-order valence-electron chi connectivity index (χ4n) is 1.63. The Bertz CT molecular complexity index is 665. The lowest BCUT2D eigenvalue weighted by molar-refractivity contribution is 0.0193. The van der Waals surface area contributed by atoms with Crippen LogP contribution >= 0.6 is 0 Å². The summed E-state index contributed by atoms with van der Waals surface area (Å²) in [6.07, 6.45) is -1.22. The molecule has 0 spiro atoms. The predicted molar refractivity (Wildman–Crippen MR) is 71.2 cm³/mol. The molecule has 122 valence electrons. The molecule has 0 bridgehead atoms. The number of carboxylic acids is 1. The summed E-state index contributed by atoms with van der Waals surface area (Å²) in [7, 11) is -4.99. The van der Waals surface area contributed by atoms with Crippen LogP contribution in [0.3, 0.4) is 0 Å². The third-order valence-electron chi connectivity index (χ3n) is 2.59. The first kappa shape index (κ1) is 18.0. The molecule has 0 amide bonds. The number of hydrogen-bond donors (Lipinski definition) is 4. The van der Waals surface area contributed by atoms with Gasteiger partial charge in [0.25, 0.3) is 10.1 Å². The molecule has 0 aliphatic heterocycles. The van der Waals surface area contributed by atoms with Gasteiger partial charge in [0.2, 0.25) is 0 Å². The van der Waals surface area contributed by atoms with Crippen molar-refractivity contribution < 1.29 is 42.6 Å². The molecular formula is C12H14O9S. The maximum Gasteiger partial charge on any atom is 0.339 e. The number of aromatic carboxylic acids is 1. The maximum absolute atomic E-state index is 11.8. The molecule has 0 aliphatic carbocycles. The first-order chi connectivity index (χ1) is 10.2. The number of carboxylic acid groups (broad SMARTS) is 1. The van der Waals surface area contributed by atoms with Crippen LogP contribution in [0, 0.1) is 0 Å². The Hall–Kier alpha value is -2.01. The molecule has 9 nitrogen and oxygen atoms in total. The zero-order chi connectivity index (χ0) is 16.9. The van der Waals surface area contributed by atoms with Gasteiger partial charge in [-0.15, -0.1) is 0 Å². The monoisotopic (exact) mass is 334 g/mol. The standard InChI is InChI=1S/C12H14O9S/c13-5-4-7(14)6-21-12(17)9-3-1-2-8(11(15)16)10(9)22(18,19)20/h1-3,7,13-14H,4-6H2,(H,15,16)(H,18,19,20). The molecule has 1 unspecified atom stereocenters. The minimum atomic E-state index is -4.99. The number of esters is 1. The van der Waals surface area contributed by atoms with Crippen molar-refractivity contribution in [3.8, 4) is 0 Å². The summed E-state index contributed by atoms with van der Waals surface area (Å²) in [5.74, 6) is -2.88. The SMILES string of the molecule is O=C(O)c1cccc(C(=O)OCC(O)CCO)c1S(=O)(=O)O. The number of rotatable bonds is 7. The zero-order valence-corrected chi connectivity index (χ0v) is 12.0. The third kappa shape index (κ3) is 4.49. The van der Waals surface area contributed by atoms with Gasteiger partial charge in [-0.25, -0.2) is 9.59 Å². The quantitative estimate of drug-likeness (QED) is 0.382. The Balaban J connectivity index is 3.17. The Morgan fingerprint density at radius 3 is 2.32 bits per heavy atom. The summed E-state index contributed by atoms with van der Waals surface area (Å²) >= 11 is 0. The number of carbonyl (C=O) groups is 2. The highest BCUT2D eigenvalue weighted by Crippen LogP contribution is 2.22. The van der Waals surface area contributed by atoms with E-state index in [0.29, 0.717) is 0 Å². The summed E-state index contributed by atoms with van der Waals surface area (Å²) in [4.78, 5) is 21.8. The molecule has 0 aromatic heterocycles. The summed E-state index contributed by atoms with van der Waals surface area (Å²) in [5.41, 5.74) is -1.45. The average molecular weight is 334 g/mol. The van der Waals surface area contributed by atoms with Crippen LogP contribution < -0.4 is 0 Å². The molecule has 0 radical (unpaired) electrons. The van der Waals surface area contributed by atoms with Crippen LogP contribution in [0.2, 0.25) is 0 Å². The van der Waals surface area contributed by atoms with Gasteiger partial charge in [0.05, 0.1) is 17.2 Å². The molecule has 1 rings (SSSR count). The number of aliphatic hydroxyl groups is 2. The Morgan fingerprint density at radius 1 is 1.23 bits per heavy atom. The second-order valence-electron chi connectivity index (χ2n) is 4.23. The first-order valence-electron chi connectivity index (χ1n) is 5.98. The van der Waals surface area contributed by atoms with Crippen LogP contribution in [-0.2, 0) is 14.9 Å². The fourth-order valence-corrected chi connectivity index (χ4v) is 2.49. The van der Waals surface area contributed by atoms with E-state index in [1.807, 2.05) is 0 Å². The van der Waals surface area contributed by atoms with E-state index in [0.717, 1.165) is 18.2 Å². The minimum Gasteiger partial charge on any atom is -0.478 e. The second-order valence-corrected chi connectivity index (χ2v) is 5.59. The molecule has 1 atom stereocenters. The number of carbonyl (C=O) groups excluding carboxylic acids is 1.